The fourth-order valence-electron chi connectivity index (χ4n) is 1.77. The third kappa shape index (κ3) is 3.30. The molecule has 0 radical (unpaired) electrons. The molecule has 0 saturated carbocycles. The van der Waals surface area contributed by atoms with Crippen molar-refractivity contribution in [2.75, 3.05) is 0 Å². The summed E-state index contributed by atoms with van der Waals surface area (Å²) in [6.45, 7) is 12.0. The molecule has 0 fully saturated rings. The van der Waals surface area contributed by atoms with Crippen molar-refractivity contribution < 1.29 is 4.43 Å². The zero-order chi connectivity index (χ0) is 15.0. The summed E-state index contributed by atoms with van der Waals surface area (Å²) in [5, 5.41) is 1.39. The van der Waals surface area contributed by atoms with E-state index in [1.54, 1.807) is 0 Å². The van der Waals surface area contributed by atoms with Crippen LogP contribution in [0.1, 0.15) is 26.3 Å². The first-order valence-corrected chi connectivity index (χ1v) is 10.6. The van der Waals surface area contributed by atoms with Gasteiger partial charge in [-0.15, -0.1) is 0 Å². The Hall–Kier alpha value is -0.713. The van der Waals surface area contributed by atoms with Crippen molar-refractivity contribution in [3.8, 4) is 0 Å². The molecule has 108 valence electrons. The maximum atomic E-state index is 6.28. The summed E-state index contributed by atoms with van der Waals surface area (Å²) in [7, 11) is -1.70. The van der Waals surface area contributed by atoms with Gasteiger partial charge < -0.3 is 4.43 Å². The lowest BCUT2D eigenvalue weighted by Gasteiger charge is -2.36. The van der Waals surface area contributed by atoms with Crippen molar-refractivity contribution in [3.05, 3.63) is 40.5 Å². The van der Waals surface area contributed by atoms with Crippen LogP contribution in [0.4, 0.5) is 0 Å². The maximum Gasteiger partial charge on any atom is 0.192 e. The molecule has 20 heavy (non-hydrogen) atoms. The van der Waals surface area contributed by atoms with Crippen molar-refractivity contribution in [2.24, 2.45) is 0 Å². The average molecular weight is 352 g/mol. The van der Waals surface area contributed by atoms with E-state index in [2.05, 4.69) is 73.0 Å². The summed E-state index contributed by atoms with van der Waals surface area (Å²) in [6.07, 6.45) is 1.82. The number of halogens is 1. The molecule has 0 N–H and O–H groups in total. The van der Waals surface area contributed by atoms with E-state index in [1.807, 2.05) is 12.3 Å². The van der Waals surface area contributed by atoms with E-state index in [-0.39, 0.29) is 5.04 Å². The van der Waals surface area contributed by atoms with E-state index >= 15 is 0 Å². The average Bonchev–Trinajstić information content (AvgIpc) is 2.35. The first-order valence-electron chi connectivity index (χ1n) is 6.88. The Morgan fingerprint density at radius 1 is 1.25 bits per heavy atom. The number of benzene rings is 1. The van der Waals surface area contributed by atoms with Crippen molar-refractivity contribution in [1.29, 1.82) is 0 Å². The molecule has 2 nitrogen and oxygen atoms in total. The number of hydrogen-bond donors (Lipinski definition) is 0. The zero-order valence-electron chi connectivity index (χ0n) is 12.8. The van der Waals surface area contributed by atoms with Gasteiger partial charge in [-0.1, -0.05) is 26.8 Å². The molecule has 0 spiro atoms. The van der Waals surface area contributed by atoms with Crippen molar-refractivity contribution >= 4 is 35.2 Å². The molecule has 2 rings (SSSR count). The summed E-state index contributed by atoms with van der Waals surface area (Å²) in [5.41, 5.74) is 2.20. The lowest BCUT2D eigenvalue weighted by Crippen LogP contribution is -2.40. The smallest absolute Gasteiger partial charge is 0.192 e. The minimum Gasteiger partial charge on any atom is -0.413 e. The topological polar surface area (TPSA) is 22.1 Å². The van der Waals surface area contributed by atoms with E-state index in [1.165, 1.54) is 5.56 Å². The molecule has 0 saturated heterocycles. The zero-order valence-corrected chi connectivity index (χ0v) is 15.4. The Labute approximate surface area is 130 Å². The van der Waals surface area contributed by atoms with E-state index in [4.69, 9.17) is 4.43 Å². The Balaban J connectivity index is 2.23. The number of hydrogen-bond acceptors (Lipinski definition) is 2. The monoisotopic (exact) mass is 351 g/mol. The highest BCUT2D eigenvalue weighted by atomic mass is 79.9. The molecule has 2 aromatic rings. The van der Waals surface area contributed by atoms with Gasteiger partial charge in [-0.25, -0.2) is 0 Å². The van der Waals surface area contributed by atoms with Crippen molar-refractivity contribution in [2.45, 2.75) is 45.5 Å². The number of fused-ring (bicyclic) bond motifs is 1. The molecule has 0 aliphatic rings. The molecular formula is C16H22BrNOSi. The van der Waals surface area contributed by atoms with E-state index in [0.717, 1.165) is 15.4 Å². The normalized spacial score (nSPS) is 12.9. The van der Waals surface area contributed by atoms with Crippen LogP contribution in [0.5, 0.6) is 0 Å². The molecule has 0 aliphatic carbocycles. The number of pyridine rings is 1. The third-order valence-corrected chi connectivity index (χ3v) is 9.21. The van der Waals surface area contributed by atoms with Gasteiger partial charge in [-0.05, 0) is 57.8 Å². The second-order valence-corrected chi connectivity index (χ2v) is 12.4. The Bertz CT molecular complexity index is 619. The molecule has 0 bridgehead atoms. The highest BCUT2D eigenvalue weighted by Gasteiger charge is 2.37. The molecular weight excluding hydrogens is 330 g/mol. The predicted molar refractivity (Wildman–Crippen MR) is 91.4 cm³/mol. The first kappa shape index (κ1) is 15.7. The summed E-state index contributed by atoms with van der Waals surface area (Å²) >= 11 is 3.60. The van der Waals surface area contributed by atoms with Gasteiger partial charge in [0, 0.05) is 16.1 Å². The van der Waals surface area contributed by atoms with Crippen LogP contribution < -0.4 is 0 Å². The van der Waals surface area contributed by atoms with Crippen LogP contribution in [0.3, 0.4) is 0 Å². The summed E-state index contributed by atoms with van der Waals surface area (Å²) in [4.78, 5) is 4.39. The fourth-order valence-corrected chi connectivity index (χ4v) is 3.36. The molecule has 4 heteroatoms. The molecule has 1 aromatic carbocycles. The van der Waals surface area contributed by atoms with Crippen LogP contribution in [-0.4, -0.2) is 13.3 Å². The molecule has 0 atom stereocenters. The van der Waals surface area contributed by atoms with Gasteiger partial charge in [-0.2, -0.15) is 0 Å². The van der Waals surface area contributed by atoms with Crippen molar-refractivity contribution in [1.82, 2.24) is 4.98 Å². The predicted octanol–water partition coefficient (Wildman–Crippen LogP) is 5.52. The highest BCUT2D eigenvalue weighted by molar-refractivity contribution is 9.10. The van der Waals surface area contributed by atoms with Crippen LogP contribution in [0.15, 0.2) is 34.9 Å². The van der Waals surface area contributed by atoms with E-state index in [0.29, 0.717) is 6.61 Å². The van der Waals surface area contributed by atoms with Crippen LogP contribution in [0.25, 0.3) is 10.9 Å². The highest BCUT2D eigenvalue weighted by Crippen LogP contribution is 2.37. The lowest BCUT2D eigenvalue weighted by molar-refractivity contribution is 0.276. The minimum atomic E-state index is -1.70. The quantitative estimate of drug-likeness (QED) is 0.679. The summed E-state index contributed by atoms with van der Waals surface area (Å²) < 4.78 is 7.31. The Morgan fingerprint density at radius 2 is 1.95 bits per heavy atom. The molecule has 0 amide bonds. The SMILES string of the molecule is CC(C)(C)[Si](C)(C)OCc1cc(Br)c2ncccc2c1. The van der Waals surface area contributed by atoms with Crippen LogP contribution in [0.2, 0.25) is 18.1 Å². The summed E-state index contributed by atoms with van der Waals surface area (Å²) in [5.74, 6) is 0. The van der Waals surface area contributed by atoms with E-state index < -0.39 is 8.32 Å². The van der Waals surface area contributed by atoms with Gasteiger partial charge in [0.15, 0.2) is 8.32 Å². The summed E-state index contributed by atoms with van der Waals surface area (Å²) in [6, 6.07) is 8.33. The third-order valence-electron chi connectivity index (χ3n) is 4.12. The number of rotatable bonds is 3. The Kier molecular flexibility index (Phi) is 4.37. The van der Waals surface area contributed by atoms with Crippen LogP contribution in [-0.2, 0) is 11.0 Å². The second kappa shape index (κ2) is 5.58. The van der Waals surface area contributed by atoms with Gasteiger partial charge in [-0.3, -0.25) is 4.98 Å². The van der Waals surface area contributed by atoms with Crippen LogP contribution in [0, 0.1) is 0 Å². The lowest BCUT2D eigenvalue weighted by atomic mass is 10.1. The van der Waals surface area contributed by atoms with Gasteiger partial charge in [0.05, 0.1) is 12.1 Å². The first-order chi connectivity index (χ1) is 9.21. The number of nitrogens with zero attached hydrogens (tertiary/aromatic N) is 1. The second-order valence-electron chi connectivity index (χ2n) is 6.70. The van der Waals surface area contributed by atoms with Gasteiger partial charge in [0.1, 0.15) is 0 Å². The molecule has 0 aliphatic heterocycles. The molecule has 0 unspecified atom stereocenters. The van der Waals surface area contributed by atoms with Gasteiger partial charge >= 0.3 is 0 Å². The van der Waals surface area contributed by atoms with Crippen molar-refractivity contribution in [3.63, 3.8) is 0 Å². The fraction of sp³-hybridized carbons (Fsp3) is 0.438. The largest absolute Gasteiger partial charge is 0.413 e. The van der Waals surface area contributed by atoms with Gasteiger partial charge in [0.2, 0.25) is 0 Å². The minimum absolute atomic E-state index is 0.239. The molecule has 1 heterocycles. The maximum absolute atomic E-state index is 6.28. The van der Waals surface area contributed by atoms with Crippen LogP contribution >= 0.6 is 15.9 Å². The molecule has 1 aromatic heterocycles. The standard InChI is InChI=1S/C16H22BrNOSi/c1-16(2,3)20(4,5)19-11-12-9-13-7-6-8-18-15(13)14(17)10-12/h6-10H,11H2,1-5H3. The van der Waals surface area contributed by atoms with Gasteiger partial charge in [0.25, 0.3) is 0 Å². The van der Waals surface area contributed by atoms with E-state index in [9.17, 15) is 0 Å². The number of aromatic nitrogens is 1. The Morgan fingerprint density at radius 3 is 2.60 bits per heavy atom.